The molecule has 0 saturated carbocycles. The molecule has 0 heterocycles. The van der Waals surface area contributed by atoms with Crippen LogP contribution in [0.1, 0.15) is 5.56 Å². The van der Waals surface area contributed by atoms with E-state index in [4.69, 9.17) is 11.6 Å². The first kappa shape index (κ1) is 14.5. The zero-order valence-corrected chi connectivity index (χ0v) is 12.8. The van der Waals surface area contributed by atoms with Gasteiger partial charge in [0.2, 0.25) is 0 Å². The van der Waals surface area contributed by atoms with Crippen molar-refractivity contribution in [3.63, 3.8) is 0 Å². The smallest absolute Gasteiger partial charge is 0.167 e. The molecule has 0 atom stereocenters. The molecule has 3 rings (SSSR count). The lowest BCUT2D eigenvalue weighted by atomic mass is 9.93. The topological polar surface area (TPSA) is 40.5 Å². The molecule has 0 amide bonds. The fourth-order valence-electron chi connectivity index (χ4n) is 2.62. The Hall–Kier alpha value is -2.45. The maximum absolute atomic E-state index is 10.3. The minimum absolute atomic E-state index is 0.137. The van der Waals surface area contributed by atoms with Crippen LogP contribution >= 0.6 is 11.6 Å². The number of phenols is 2. The summed E-state index contributed by atoms with van der Waals surface area (Å²) in [6, 6.07) is 18.9. The van der Waals surface area contributed by atoms with Gasteiger partial charge in [-0.05, 0) is 18.1 Å². The second-order valence-electron chi connectivity index (χ2n) is 5.12. The van der Waals surface area contributed by atoms with E-state index >= 15 is 0 Å². The van der Waals surface area contributed by atoms with Gasteiger partial charge in [0.1, 0.15) is 0 Å². The summed E-state index contributed by atoms with van der Waals surface area (Å²) < 4.78 is 0. The van der Waals surface area contributed by atoms with Gasteiger partial charge in [-0.25, -0.2) is 0 Å². The van der Waals surface area contributed by atoms with Crippen LogP contribution in [0.25, 0.3) is 22.3 Å². The van der Waals surface area contributed by atoms with E-state index < -0.39 is 0 Å². The summed E-state index contributed by atoms with van der Waals surface area (Å²) >= 11 is 6.59. The molecule has 3 aromatic rings. The van der Waals surface area contributed by atoms with E-state index in [-0.39, 0.29) is 11.5 Å². The molecule has 0 bridgehead atoms. The number of halogens is 1. The van der Waals surface area contributed by atoms with Crippen LogP contribution in [0.15, 0.2) is 60.7 Å². The molecule has 3 aromatic carbocycles. The van der Waals surface area contributed by atoms with Crippen LogP contribution < -0.4 is 0 Å². The minimum atomic E-state index is -0.187. The first-order chi connectivity index (χ1) is 10.6. The average molecular weight is 311 g/mol. The van der Waals surface area contributed by atoms with Crippen LogP contribution in [-0.2, 0) is 0 Å². The molecule has 2 N–H and O–H groups in total. The Bertz CT molecular complexity index is 745. The van der Waals surface area contributed by atoms with Crippen molar-refractivity contribution in [2.45, 2.75) is 6.92 Å². The molecule has 22 heavy (non-hydrogen) atoms. The quantitative estimate of drug-likeness (QED) is 0.623. The summed E-state index contributed by atoms with van der Waals surface area (Å²) in [5.41, 5.74) is 3.41. The molecule has 0 aliphatic rings. The van der Waals surface area contributed by atoms with E-state index in [2.05, 4.69) is 0 Å². The van der Waals surface area contributed by atoms with Gasteiger partial charge in [0.25, 0.3) is 0 Å². The van der Waals surface area contributed by atoms with Crippen LogP contribution in [0.5, 0.6) is 11.5 Å². The first-order valence-electron chi connectivity index (χ1n) is 6.96. The van der Waals surface area contributed by atoms with Crippen molar-refractivity contribution in [2.24, 2.45) is 0 Å². The van der Waals surface area contributed by atoms with Gasteiger partial charge in [0, 0.05) is 16.7 Å². The van der Waals surface area contributed by atoms with Gasteiger partial charge < -0.3 is 10.2 Å². The monoisotopic (exact) mass is 310 g/mol. The Labute approximate surface area is 134 Å². The van der Waals surface area contributed by atoms with Crippen LogP contribution in [0.2, 0.25) is 5.02 Å². The van der Waals surface area contributed by atoms with Crippen molar-refractivity contribution in [2.75, 3.05) is 0 Å². The lowest BCUT2D eigenvalue weighted by Crippen LogP contribution is -1.91. The molecular formula is C19H15ClO2. The van der Waals surface area contributed by atoms with E-state index in [1.165, 1.54) is 0 Å². The molecule has 0 unspecified atom stereocenters. The number of aromatic hydroxyl groups is 2. The highest BCUT2D eigenvalue weighted by Gasteiger charge is 2.22. The molecule has 110 valence electrons. The maximum atomic E-state index is 10.3. The zero-order valence-electron chi connectivity index (χ0n) is 12.0. The number of phenolic OH excluding ortho intramolecular Hbond substituents is 2. The highest BCUT2D eigenvalue weighted by Crippen LogP contribution is 2.49. The summed E-state index contributed by atoms with van der Waals surface area (Å²) in [5.74, 6) is -0.324. The average Bonchev–Trinajstić information content (AvgIpc) is 2.55. The summed E-state index contributed by atoms with van der Waals surface area (Å²) in [5, 5.41) is 21.1. The highest BCUT2D eigenvalue weighted by atomic mass is 35.5. The van der Waals surface area contributed by atoms with Crippen LogP contribution in [0.3, 0.4) is 0 Å². The van der Waals surface area contributed by atoms with Gasteiger partial charge in [-0.1, -0.05) is 72.3 Å². The fraction of sp³-hybridized carbons (Fsp3) is 0.0526. The standard InChI is InChI=1S/C19H15ClO2/c1-12-15(13-8-4-2-5-9-13)17(20)16(19(22)18(12)21)14-10-6-3-7-11-14/h2-11,21-22H,1H3. The normalized spacial score (nSPS) is 10.6. The Morgan fingerprint density at radius 1 is 0.682 bits per heavy atom. The molecule has 2 nitrogen and oxygen atoms in total. The molecule has 0 fully saturated rings. The highest BCUT2D eigenvalue weighted by molar-refractivity contribution is 6.37. The Morgan fingerprint density at radius 3 is 1.64 bits per heavy atom. The van der Waals surface area contributed by atoms with Crippen LogP contribution in [-0.4, -0.2) is 10.2 Å². The number of rotatable bonds is 2. The summed E-state index contributed by atoms with van der Waals surface area (Å²) in [7, 11) is 0. The second kappa shape index (κ2) is 5.74. The van der Waals surface area contributed by atoms with Gasteiger partial charge >= 0.3 is 0 Å². The molecule has 0 aromatic heterocycles. The predicted octanol–water partition coefficient (Wildman–Crippen LogP) is 5.39. The molecule has 0 spiro atoms. The molecule has 0 saturated heterocycles. The fourth-order valence-corrected chi connectivity index (χ4v) is 3.07. The third-order valence-electron chi connectivity index (χ3n) is 3.76. The lowest BCUT2D eigenvalue weighted by molar-refractivity contribution is 0.403. The van der Waals surface area contributed by atoms with E-state index in [1.54, 1.807) is 6.92 Å². The third-order valence-corrected chi connectivity index (χ3v) is 4.13. The summed E-state index contributed by atoms with van der Waals surface area (Å²) in [6.07, 6.45) is 0. The lowest BCUT2D eigenvalue weighted by Gasteiger charge is -2.17. The molecule has 0 aliphatic carbocycles. The maximum Gasteiger partial charge on any atom is 0.167 e. The number of hydrogen-bond acceptors (Lipinski definition) is 2. The van der Waals surface area contributed by atoms with Gasteiger partial charge in [-0.15, -0.1) is 0 Å². The van der Waals surface area contributed by atoms with Crippen molar-refractivity contribution in [3.05, 3.63) is 71.2 Å². The summed E-state index contributed by atoms with van der Waals surface area (Å²) in [4.78, 5) is 0. The van der Waals surface area contributed by atoms with E-state index in [0.717, 1.165) is 16.7 Å². The SMILES string of the molecule is Cc1c(O)c(O)c(-c2ccccc2)c(Cl)c1-c1ccccc1. The number of benzene rings is 3. The Balaban J connectivity index is 2.36. The third kappa shape index (κ3) is 2.32. The van der Waals surface area contributed by atoms with E-state index in [9.17, 15) is 10.2 Å². The van der Waals surface area contributed by atoms with Crippen LogP contribution in [0, 0.1) is 6.92 Å². The largest absolute Gasteiger partial charge is 0.504 e. The number of hydrogen-bond donors (Lipinski definition) is 2. The van der Waals surface area contributed by atoms with Gasteiger partial charge in [-0.2, -0.15) is 0 Å². The van der Waals surface area contributed by atoms with Gasteiger partial charge in [-0.3, -0.25) is 0 Å². The van der Waals surface area contributed by atoms with Crippen molar-refractivity contribution in [1.29, 1.82) is 0 Å². The van der Waals surface area contributed by atoms with Crippen molar-refractivity contribution in [3.8, 4) is 33.8 Å². The Kier molecular flexibility index (Phi) is 3.78. The molecule has 3 heteroatoms. The van der Waals surface area contributed by atoms with Crippen molar-refractivity contribution in [1.82, 2.24) is 0 Å². The van der Waals surface area contributed by atoms with Crippen molar-refractivity contribution < 1.29 is 10.2 Å². The molecule has 0 aliphatic heterocycles. The Morgan fingerprint density at radius 2 is 1.14 bits per heavy atom. The predicted molar refractivity (Wildman–Crippen MR) is 90.4 cm³/mol. The minimum Gasteiger partial charge on any atom is -0.504 e. The van der Waals surface area contributed by atoms with E-state index in [1.807, 2.05) is 60.7 Å². The van der Waals surface area contributed by atoms with Gasteiger partial charge in [0.05, 0.1) is 5.02 Å². The van der Waals surface area contributed by atoms with Gasteiger partial charge in [0.15, 0.2) is 11.5 Å². The second-order valence-corrected chi connectivity index (χ2v) is 5.50. The molecular weight excluding hydrogens is 296 g/mol. The first-order valence-corrected chi connectivity index (χ1v) is 7.34. The van der Waals surface area contributed by atoms with E-state index in [0.29, 0.717) is 16.1 Å². The zero-order chi connectivity index (χ0) is 15.7. The van der Waals surface area contributed by atoms with Crippen molar-refractivity contribution >= 4 is 11.6 Å². The van der Waals surface area contributed by atoms with Crippen LogP contribution in [0.4, 0.5) is 0 Å². The summed E-state index contributed by atoms with van der Waals surface area (Å²) in [6.45, 7) is 1.75. The molecule has 0 radical (unpaired) electrons.